The number of alkyl halides is 3. The van der Waals surface area contributed by atoms with Crippen LogP contribution in [0.25, 0.3) is 0 Å². The van der Waals surface area contributed by atoms with E-state index in [0.29, 0.717) is 5.76 Å². The van der Waals surface area contributed by atoms with Gasteiger partial charge in [-0.05, 0) is 37.6 Å². The summed E-state index contributed by atoms with van der Waals surface area (Å²) in [7, 11) is 0. The van der Waals surface area contributed by atoms with Gasteiger partial charge in [-0.25, -0.2) is 0 Å². The fourth-order valence-corrected chi connectivity index (χ4v) is 4.33. The number of carbonyl (C=O) groups excluding carboxylic acids is 2. The standard InChI is InChI=1S/C22H28F3NO3S/c1-3-4-5-6-7-8-13-21(2)18(14-20(28)30-21)29-15-19(27)26-17-11-9-16(10-12-17)22(23,24)25/h9-12,14H,3-8,13,15H2,1-2H3,(H,26,27). The Morgan fingerprint density at radius 1 is 1.10 bits per heavy atom. The van der Waals surface area contributed by atoms with Crippen LogP contribution in [0.1, 0.15) is 64.4 Å². The fourth-order valence-electron chi connectivity index (χ4n) is 3.26. The summed E-state index contributed by atoms with van der Waals surface area (Å²) < 4.78 is 42.9. The molecule has 8 heteroatoms. The molecule has 1 atom stereocenters. The Balaban J connectivity index is 1.83. The van der Waals surface area contributed by atoms with Crippen molar-refractivity contribution >= 4 is 28.5 Å². The number of unbranched alkanes of at least 4 members (excludes halogenated alkanes) is 5. The molecule has 1 unspecified atom stereocenters. The summed E-state index contributed by atoms with van der Waals surface area (Å²) in [5.41, 5.74) is -0.536. The van der Waals surface area contributed by atoms with E-state index in [4.69, 9.17) is 4.74 Å². The van der Waals surface area contributed by atoms with Gasteiger partial charge in [0.25, 0.3) is 5.91 Å². The van der Waals surface area contributed by atoms with E-state index in [2.05, 4.69) is 12.2 Å². The van der Waals surface area contributed by atoms with Crippen molar-refractivity contribution < 1.29 is 27.5 Å². The summed E-state index contributed by atoms with van der Waals surface area (Å²) in [5.74, 6) is -0.0180. The fraction of sp³-hybridized carbons (Fsp3) is 0.545. The molecule has 0 bridgehead atoms. The summed E-state index contributed by atoms with van der Waals surface area (Å²) >= 11 is 1.21. The van der Waals surface area contributed by atoms with Crippen LogP contribution < -0.4 is 5.32 Å². The van der Waals surface area contributed by atoms with Crippen molar-refractivity contribution in [3.05, 3.63) is 41.7 Å². The Kier molecular flexibility index (Phi) is 8.82. The molecule has 0 spiro atoms. The number of thioether (sulfide) groups is 1. The number of nitrogens with one attached hydrogen (secondary N) is 1. The summed E-state index contributed by atoms with van der Waals surface area (Å²) in [5, 5.41) is 2.41. The normalized spacial score (nSPS) is 19.0. The highest BCUT2D eigenvalue weighted by atomic mass is 32.2. The molecular weight excluding hydrogens is 415 g/mol. The number of ether oxygens (including phenoxy) is 1. The van der Waals surface area contributed by atoms with Gasteiger partial charge in [-0.2, -0.15) is 13.2 Å². The van der Waals surface area contributed by atoms with E-state index >= 15 is 0 Å². The first-order chi connectivity index (χ1) is 14.1. The monoisotopic (exact) mass is 443 g/mol. The molecular formula is C22H28F3NO3S. The van der Waals surface area contributed by atoms with E-state index in [9.17, 15) is 22.8 Å². The summed E-state index contributed by atoms with van der Waals surface area (Å²) in [6.07, 6.45) is 4.63. The highest BCUT2D eigenvalue weighted by Gasteiger charge is 2.39. The zero-order valence-corrected chi connectivity index (χ0v) is 18.1. The van der Waals surface area contributed by atoms with E-state index in [1.54, 1.807) is 0 Å². The number of amides is 1. The number of benzene rings is 1. The van der Waals surface area contributed by atoms with Gasteiger partial charge in [0.1, 0.15) is 5.76 Å². The molecule has 2 rings (SSSR count). The summed E-state index contributed by atoms with van der Waals surface area (Å²) in [6.45, 7) is 3.80. The van der Waals surface area contributed by atoms with Gasteiger partial charge in [0, 0.05) is 11.8 Å². The molecule has 0 fully saturated rings. The van der Waals surface area contributed by atoms with Gasteiger partial charge in [-0.1, -0.05) is 57.2 Å². The van der Waals surface area contributed by atoms with E-state index in [1.165, 1.54) is 49.2 Å². The summed E-state index contributed by atoms with van der Waals surface area (Å²) in [4.78, 5) is 24.0. The lowest BCUT2D eigenvalue weighted by Crippen LogP contribution is -2.26. The highest BCUT2D eigenvalue weighted by molar-refractivity contribution is 8.15. The first-order valence-corrected chi connectivity index (χ1v) is 11.0. The molecule has 0 aliphatic carbocycles. The van der Waals surface area contributed by atoms with Crippen molar-refractivity contribution in [2.75, 3.05) is 11.9 Å². The molecule has 1 aliphatic rings. The first kappa shape index (κ1) is 24.3. The van der Waals surface area contributed by atoms with Crippen molar-refractivity contribution in [2.24, 2.45) is 0 Å². The molecule has 1 aromatic carbocycles. The van der Waals surface area contributed by atoms with Gasteiger partial charge in [0.05, 0.1) is 10.3 Å². The largest absolute Gasteiger partial charge is 0.486 e. The Morgan fingerprint density at radius 3 is 2.37 bits per heavy atom. The smallest absolute Gasteiger partial charge is 0.416 e. The third kappa shape index (κ3) is 7.38. The molecule has 0 saturated heterocycles. The Morgan fingerprint density at radius 2 is 1.73 bits per heavy atom. The van der Waals surface area contributed by atoms with Gasteiger partial charge in [-0.3, -0.25) is 9.59 Å². The van der Waals surface area contributed by atoms with Crippen molar-refractivity contribution in [1.29, 1.82) is 0 Å². The predicted octanol–water partition coefficient (Wildman–Crippen LogP) is 6.33. The molecule has 1 aliphatic heterocycles. The minimum atomic E-state index is -4.43. The van der Waals surface area contributed by atoms with E-state index in [-0.39, 0.29) is 17.4 Å². The van der Waals surface area contributed by atoms with Crippen molar-refractivity contribution in [3.8, 4) is 0 Å². The van der Waals surface area contributed by atoms with Gasteiger partial charge in [0.15, 0.2) is 6.61 Å². The second-order valence-electron chi connectivity index (χ2n) is 7.59. The average Bonchev–Trinajstić information content (AvgIpc) is 2.96. The van der Waals surface area contributed by atoms with Crippen LogP contribution in [0.5, 0.6) is 0 Å². The topological polar surface area (TPSA) is 55.4 Å². The lowest BCUT2D eigenvalue weighted by molar-refractivity contribution is -0.137. The number of anilines is 1. The predicted molar refractivity (Wildman–Crippen MR) is 113 cm³/mol. The second-order valence-corrected chi connectivity index (χ2v) is 9.10. The lowest BCUT2D eigenvalue weighted by atomic mass is 9.99. The minimum absolute atomic E-state index is 0.0957. The third-order valence-corrected chi connectivity index (χ3v) is 6.13. The third-order valence-electron chi connectivity index (χ3n) is 4.96. The van der Waals surface area contributed by atoms with Gasteiger partial charge >= 0.3 is 6.18 Å². The molecule has 4 nitrogen and oxygen atoms in total. The lowest BCUT2D eigenvalue weighted by Gasteiger charge is -2.26. The Bertz CT molecular complexity index is 762. The zero-order valence-electron chi connectivity index (χ0n) is 17.3. The van der Waals surface area contributed by atoms with Crippen molar-refractivity contribution in [1.82, 2.24) is 0 Å². The van der Waals surface area contributed by atoms with Crippen LogP contribution in [0, 0.1) is 0 Å². The minimum Gasteiger partial charge on any atom is -0.486 e. The number of hydrogen-bond donors (Lipinski definition) is 1. The van der Waals surface area contributed by atoms with E-state index < -0.39 is 22.4 Å². The molecule has 0 aromatic heterocycles. The van der Waals surface area contributed by atoms with Gasteiger partial charge in [0.2, 0.25) is 5.12 Å². The van der Waals surface area contributed by atoms with Crippen LogP contribution in [-0.2, 0) is 20.5 Å². The van der Waals surface area contributed by atoms with Crippen LogP contribution >= 0.6 is 11.8 Å². The second kappa shape index (κ2) is 10.9. The van der Waals surface area contributed by atoms with Crippen LogP contribution in [0.2, 0.25) is 0 Å². The zero-order chi connectivity index (χ0) is 22.2. The SMILES string of the molecule is CCCCCCCCC1(C)SC(=O)C=C1OCC(=O)Nc1ccc(C(F)(F)F)cc1. The van der Waals surface area contributed by atoms with Crippen LogP contribution in [-0.4, -0.2) is 22.4 Å². The Hall–Kier alpha value is -1.96. The van der Waals surface area contributed by atoms with E-state index in [1.807, 2.05) is 6.92 Å². The molecule has 1 amide bonds. The number of carbonyl (C=O) groups is 2. The summed E-state index contributed by atoms with van der Waals surface area (Å²) in [6, 6.07) is 4.20. The molecule has 0 saturated carbocycles. The first-order valence-electron chi connectivity index (χ1n) is 10.2. The molecule has 1 aromatic rings. The number of rotatable bonds is 11. The highest BCUT2D eigenvalue weighted by Crippen LogP contribution is 2.44. The maximum atomic E-state index is 12.6. The van der Waals surface area contributed by atoms with Crippen molar-refractivity contribution in [3.63, 3.8) is 0 Å². The van der Waals surface area contributed by atoms with Crippen LogP contribution in [0.4, 0.5) is 18.9 Å². The van der Waals surface area contributed by atoms with Crippen LogP contribution in [0.3, 0.4) is 0 Å². The van der Waals surface area contributed by atoms with Gasteiger partial charge in [-0.15, -0.1) is 0 Å². The maximum Gasteiger partial charge on any atom is 0.416 e. The molecule has 30 heavy (non-hydrogen) atoms. The van der Waals surface area contributed by atoms with Crippen molar-refractivity contribution in [2.45, 2.75) is 69.7 Å². The Labute approximate surface area is 179 Å². The molecule has 1 N–H and O–H groups in total. The van der Waals surface area contributed by atoms with Gasteiger partial charge < -0.3 is 10.1 Å². The molecule has 1 heterocycles. The maximum absolute atomic E-state index is 12.6. The molecule has 166 valence electrons. The average molecular weight is 444 g/mol. The van der Waals surface area contributed by atoms with Crippen LogP contribution in [0.15, 0.2) is 36.1 Å². The number of halogens is 3. The quantitative estimate of drug-likeness (QED) is 0.406. The molecule has 0 radical (unpaired) electrons. The van der Waals surface area contributed by atoms with E-state index in [0.717, 1.165) is 37.8 Å². The number of hydrogen-bond acceptors (Lipinski definition) is 4.